The Bertz CT molecular complexity index is 476. The molecule has 1 N–H and O–H groups in total. The molecule has 0 radical (unpaired) electrons. The highest BCUT2D eigenvalue weighted by atomic mass is 79.9. The number of aromatic nitrogens is 2. The van der Waals surface area contributed by atoms with Crippen molar-refractivity contribution in [2.24, 2.45) is 0 Å². The molecule has 0 bridgehead atoms. The van der Waals surface area contributed by atoms with Gasteiger partial charge in [0.05, 0.1) is 28.7 Å². The molecule has 0 amide bonds. The Labute approximate surface area is 109 Å². The maximum absolute atomic E-state index is 5.27. The summed E-state index contributed by atoms with van der Waals surface area (Å²) in [6.07, 6.45) is 1.69. The van der Waals surface area contributed by atoms with Crippen molar-refractivity contribution in [3.8, 4) is 0 Å². The second-order valence-electron chi connectivity index (χ2n) is 3.84. The van der Waals surface area contributed by atoms with Crippen LogP contribution in [0.2, 0.25) is 0 Å². The third-order valence-corrected chi connectivity index (χ3v) is 3.66. The topological polar surface area (TPSA) is 43.0 Å². The molecule has 2 aromatic heterocycles. The Kier molecular flexibility index (Phi) is 4.02. The predicted molar refractivity (Wildman–Crippen MR) is 69.6 cm³/mol. The first-order valence-corrected chi connectivity index (χ1v) is 6.46. The molecule has 2 rings (SSSR count). The van der Waals surface area contributed by atoms with Gasteiger partial charge >= 0.3 is 0 Å². The second kappa shape index (κ2) is 5.51. The molecule has 4 nitrogen and oxygen atoms in total. The fourth-order valence-electron chi connectivity index (χ4n) is 1.76. The smallest absolute Gasteiger partial charge is 0.117 e. The van der Waals surface area contributed by atoms with Gasteiger partial charge in [-0.15, -0.1) is 0 Å². The third-order valence-electron chi connectivity index (χ3n) is 2.62. The summed E-state index contributed by atoms with van der Waals surface area (Å²) < 4.78 is 8.36. The van der Waals surface area contributed by atoms with Crippen LogP contribution in [0.15, 0.2) is 27.3 Å². The molecule has 0 aliphatic heterocycles. The zero-order chi connectivity index (χ0) is 12.3. The van der Waals surface area contributed by atoms with Gasteiger partial charge in [0.25, 0.3) is 0 Å². The second-order valence-corrected chi connectivity index (χ2v) is 4.64. The highest BCUT2D eigenvalue weighted by Gasteiger charge is 2.11. The molecule has 17 heavy (non-hydrogen) atoms. The van der Waals surface area contributed by atoms with E-state index in [1.165, 1.54) is 5.69 Å². The first-order valence-electron chi connectivity index (χ1n) is 5.67. The third kappa shape index (κ3) is 2.79. The number of hydrogen-bond acceptors (Lipinski definition) is 3. The first-order chi connectivity index (χ1) is 8.22. The van der Waals surface area contributed by atoms with Crippen molar-refractivity contribution in [1.29, 1.82) is 0 Å². The van der Waals surface area contributed by atoms with Crippen molar-refractivity contribution in [3.05, 3.63) is 40.0 Å². The lowest BCUT2D eigenvalue weighted by Crippen LogP contribution is -2.16. The largest absolute Gasteiger partial charge is 0.468 e. The van der Waals surface area contributed by atoms with Crippen molar-refractivity contribution in [2.45, 2.75) is 33.5 Å². The zero-order valence-electron chi connectivity index (χ0n) is 10.0. The molecule has 0 unspecified atom stereocenters. The fraction of sp³-hybridized carbons (Fsp3) is 0.417. The van der Waals surface area contributed by atoms with Crippen molar-refractivity contribution >= 4 is 15.9 Å². The van der Waals surface area contributed by atoms with E-state index in [0.717, 1.165) is 35.6 Å². The summed E-state index contributed by atoms with van der Waals surface area (Å²) in [7, 11) is 0. The minimum atomic E-state index is 0.730. The molecule has 0 aliphatic rings. The van der Waals surface area contributed by atoms with E-state index in [4.69, 9.17) is 4.42 Å². The van der Waals surface area contributed by atoms with E-state index in [9.17, 15) is 0 Å². The molecular weight excluding hydrogens is 282 g/mol. The molecule has 0 aliphatic carbocycles. The van der Waals surface area contributed by atoms with Crippen LogP contribution in [0.1, 0.15) is 24.1 Å². The van der Waals surface area contributed by atoms with Crippen molar-refractivity contribution in [2.75, 3.05) is 0 Å². The van der Waals surface area contributed by atoms with E-state index >= 15 is 0 Å². The molecule has 92 valence electrons. The summed E-state index contributed by atoms with van der Waals surface area (Å²) in [5.74, 6) is 0.945. The molecular formula is C12H16BrN3O. The molecule has 0 fully saturated rings. The lowest BCUT2D eigenvalue weighted by molar-refractivity contribution is 0.476. The van der Waals surface area contributed by atoms with Crippen LogP contribution in [-0.2, 0) is 19.6 Å². The monoisotopic (exact) mass is 297 g/mol. The van der Waals surface area contributed by atoms with E-state index < -0.39 is 0 Å². The van der Waals surface area contributed by atoms with E-state index in [-0.39, 0.29) is 0 Å². The first kappa shape index (κ1) is 12.4. The van der Waals surface area contributed by atoms with Gasteiger partial charge in [-0.2, -0.15) is 5.10 Å². The average Bonchev–Trinajstić information content (AvgIpc) is 2.92. The van der Waals surface area contributed by atoms with Gasteiger partial charge in [-0.3, -0.25) is 4.68 Å². The van der Waals surface area contributed by atoms with Crippen molar-refractivity contribution < 1.29 is 4.42 Å². The van der Waals surface area contributed by atoms with E-state index in [0.29, 0.717) is 0 Å². The van der Waals surface area contributed by atoms with Crippen LogP contribution >= 0.6 is 15.9 Å². The van der Waals surface area contributed by atoms with Crippen LogP contribution in [0.4, 0.5) is 0 Å². The molecule has 2 aromatic rings. The molecule has 2 heterocycles. The highest BCUT2D eigenvalue weighted by molar-refractivity contribution is 9.10. The number of aryl methyl sites for hydroxylation is 2. The fourth-order valence-corrected chi connectivity index (χ4v) is 2.18. The van der Waals surface area contributed by atoms with Crippen molar-refractivity contribution in [1.82, 2.24) is 15.1 Å². The Morgan fingerprint density at radius 2 is 2.29 bits per heavy atom. The SMILES string of the molecule is CCn1nc(C)c(Br)c1CNCc1ccco1. The minimum absolute atomic E-state index is 0.730. The van der Waals surface area contributed by atoms with Crippen LogP contribution in [0.5, 0.6) is 0 Å². The number of hydrogen-bond donors (Lipinski definition) is 1. The van der Waals surface area contributed by atoms with Crippen LogP contribution in [0.3, 0.4) is 0 Å². The van der Waals surface area contributed by atoms with E-state index in [1.807, 2.05) is 23.7 Å². The summed E-state index contributed by atoms with van der Waals surface area (Å²) >= 11 is 3.57. The zero-order valence-corrected chi connectivity index (χ0v) is 11.6. The standard InChI is InChI=1S/C12H16BrN3O/c1-3-16-11(12(13)9(2)15-16)8-14-7-10-5-4-6-17-10/h4-6,14H,3,7-8H2,1-2H3. The maximum Gasteiger partial charge on any atom is 0.117 e. The number of halogens is 1. The Morgan fingerprint density at radius 3 is 2.94 bits per heavy atom. The quantitative estimate of drug-likeness (QED) is 0.923. The van der Waals surface area contributed by atoms with E-state index in [1.54, 1.807) is 6.26 Å². The van der Waals surface area contributed by atoms with Crippen LogP contribution in [0.25, 0.3) is 0 Å². The van der Waals surface area contributed by atoms with Gasteiger partial charge in [-0.25, -0.2) is 0 Å². The van der Waals surface area contributed by atoms with Gasteiger partial charge in [0.2, 0.25) is 0 Å². The predicted octanol–water partition coefficient (Wildman–Crippen LogP) is 2.86. The van der Waals surface area contributed by atoms with Gasteiger partial charge in [0, 0.05) is 13.1 Å². The van der Waals surface area contributed by atoms with E-state index in [2.05, 4.69) is 33.3 Å². The van der Waals surface area contributed by atoms with Gasteiger partial charge < -0.3 is 9.73 Å². The van der Waals surface area contributed by atoms with Gasteiger partial charge in [0.1, 0.15) is 5.76 Å². The highest BCUT2D eigenvalue weighted by Crippen LogP contribution is 2.20. The van der Waals surface area contributed by atoms with Crippen LogP contribution < -0.4 is 5.32 Å². The summed E-state index contributed by atoms with van der Waals surface area (Å²) in [6.45, 7) is 6.48. The number of nitrogens with one attached hydrogen (secondary N) is 1. The normalized spacial score (nSPS) is 11.0. The molecule has 0 spiro atoms. The van der Waals surface area contributed by atoms with Crippen LogP contribution in [0, 0.1) is 6.92 Å². The van der Waals surface area contributed by atoms with Gasteiger partial charge in [-0.05, 0) is 41.9 Å². The Morgan fingerprint density at radius 1 is 1.47 bits per heavy atom. The molecule has 0 saturated heterocycles. The summed E-state index contributed by atoms with van der Waals surface area (Å²) in [6, 6.07) is 3.86. The number of rotatable bonds is 5. The van der Waals surface area contributed by atoms with Crippen LogP contribution in [-0.4, -0.2) is 9.78 Å². The van der Waals surface area contributed by atoms with Gasteiger partial charge in [0.15, 0.2) is 0 Å². The Balaban J connectivity index is 1.98. The summed E-state index contributed by atoms with van der Waals surface area (Å²) in [5.41, 5.74) is 2.21. The number of nitrogens with zero attached hydrogens (tertiary/aromatic N) is 2. The molecule has 5 heteroatoms. The summed E-state index contributed by atoms with van der Waals surface area (Å²) in [5, 5.41) is 7.80. The average molecular weight is 298 g/mol. The molecule has 0 atom stereocenters. The minimum Gasteiger partial charge on any atom is -0.468 e. The number of furan rings is 1. The van der Waals surface area contributed by atoms with Crippen molar-refractivity contribution in [3.63, 3.8) is 0 Å². The molecule has 0 aromatic carbocycles. The summed E-state index contributed by atoms with van der Waals surface area (Å²) in [4.78, 5) is 0. The lowest BCUT2D eigenvalue weighted by Gasteiger charge is -2.06. The lowest BCUT2D eigenvalue weighted by atomic mass is 10.3. The van der Waals surface area contributed by atoms with Gasteiger partial charge in [-0.1, -0.05) is 0 Å². The molecule has 0 saturated carbocycles. The maximum atomic E-state index is 5.27. The Hall–Kier alpha value is -1.07.